The number of likely N-dealkylation sites (N-methyl/N-ethyl adjacent to an activating group) is 1. The van der Waals surface area contributed by atoms with Crippen molar-refractivity contribution in [3.8, 4) is 17.4 Å². The van der Waals surface area contributed by atoms with Gasteiger partial charge in [-0.25, -0.2) is 9.37 Å². The van der Waals surface area contributed by atoms with E-state index >= 15 is 4.39 Å². The summed E-state index contributed by atoms with van der Waals surface area (Å²) in [5.74, 6) is 0.306. The van der Waals surface area contributed by atoms with E-state index in [4.69, 9.17) is 9.47 Å². The van der Waals surface area contributed by atoms with Crippen molar-refractivity contribution in [1.29, 1.82) is 0 Å². The summed E-state index contributed by atoms with van der Waals surface area (Å²) in [6.07, 6.45) is 1.30. The Balaban J connectivity index is 1.45. The van der Waals surface area contributed by atoms with Crippen LogP contribution in [0.4, 0.5) is 27.4 Å². The standard InChI is InChI=1S/C33H37FN6O3/c1-21(2)42-28-11-6-7-12-29(28)43-32-25(31(41)37-30-22(3)9-8-10-23(30)4)20-35-33(38-32)36-24-13-14-27(26(34)19-24)40-17-15-39(5)16-18-40/h6-14,19-21H,15-18H2,1-5H3,(H,37,41)(H,35,36,38). The molecule has 0 unspecified atom stereocenters. The van der Waals surface area contributed by atoms with Crippen molar-refractivity contribution in [2.75, 3.05) is 48.8 Å². The van der Waals surface area contributed by atoms with Gasteiger partial charge in [0.05, 0.1) is 11.8 Å². The summed E-state index contributed by atoms with van der Waals surface area (Å²) in [6, 6.07) is 17.9. The zero-order chi connectivity index (χ0) is 30.5. The number of hydrogen-bond acceptors (Lipinski definition) is 8. The van der Waals surface area contributed by atoms with Crippen molar-refractivity contribution in [2.24, 2.45) is 0 Å². The molecule has 1 aliphatic heterocycles. The minimum atomic E-state index is -0.427. The lowest BCUT2D eigenvalue weighted by atomic mass is 10.1. The molecule has 0 saturated carbocycles. The van der Waals surface area contributed by atoms with E-state index in [0.29, 0.717) is 28.6 Å². The van der Waals surface area contributed by atoms with E-state index in [9.17, 15) is 4.79 Å². The molecule has 3 aromatic carbocycles. The Labute approximate surface area is 251 Å². The van der Waals surface area contributed by atoms with Gasteiger partial charge in [0, 0.05) is 43.8 Å². The van der Waals surface area contributed by atoms with Gasteiger partial charge in [0.2, 0.25) is 11.8 Å². The molecular weight excluding hydrogens is 547 g/mol. The van der Waals surface area contributed by atoms with E-state index < -0.39 is 5.91 Å². The fourth-order valence-corrected chi connectivity index (χ4v) is 4.86. The number of amides is 1. The summed E-state index contributed by atoms with van der Waals surface area (Å²) in [5.41, 5.74) is 3.71. The number of anilines is 4. The molecule has 224 valence electrons. The molecule has 0 spiro atoms. The normalized spacial score (nSPS) is 13.6. The Morgan fingerprint density at radius 3 is 2.33 bits per heavy atom. The van der Waals surface area contributed by atoms with E-state index in [0.717, 1.165) is 37.3 Å². The van der Waals surface area contributed by atoms with Crippen molar-refractivity contribution in [1.82, 2.24) is 14.9 Å². The number of piperazine rings is 1. The number of carbonyl (C=O) groups is 1. The van der Waals surface area contributed by atoms with Gasteiger partial charge in [-0.1, -0.05) is 30.3 Å². The lowest BCUT2D eigenvalue weighted by Gasteiger charge is -2.34. The molecule has 0 atom stereocenters. The molecule has 0 aliphatic carbocycles. The van der Waals surface area contributed by atoms with Gasteiger partial charge in [-0.3, -0.25) is 4.79 Å². The van der Waals surface area contributed by atoms with Crippen LogP contribution in [0.1, 0.15) is 35.3 Å². The summed E-state index contributed by atoms with van der Waals surface area (Å²) >= 11 is 0. The lowest BCUT2D eigenvalue weighted by molar-refractivity contribution is 0.102. The van der Waals surface area contributed by atoms with Crippen molar-refractivity contribution in [3.05, 3.63) is 89.4 Å². The maximum atomic E-state index is 15.2. The second kappa shape index (κ2) is 13.1. The summed E-state index contributed by atoms with van der Waals surface area (Å²) in [7, 11) is 2.06. The number of ether oxygens (including phenoxy) is 2. The van der Waals surface area contributed by atoms with E-state index in [1.807, 2.05) is 62.9 Å². The number of nitrogens with one attached hydrogen (secondary N) is 2. The van der Waals surface area contributed by atoms with Crippen LogP contribution >= 0.6 is 0 Å². The summed E-state index contributed by atoms with van der Waals surface area (Å²) in [6.45, 7) is 11.0. The van der Waals surface area contributed by atoms with Crippen molar-refractivity contribution < 1.29 is 18.7 Å². The van der Waals surface area contributed by atoms with Crippen molar-refractivity contribution in [2.45, 2.75) is 33.8 Å². The molecule has 2 heterocycles. The molecule has 1 aliphatic rings. The molecule has 1 saturated heterocycles. The lowest BCUT2D eigenvalue weighted by Crippen LogP contribution is -2.44. The molecule has 0 radical (unpaired) electrons. The van der Waals surface area contributed by atoms with E-state index in [1.165, 1.54) is 12.3 Å². The Morgan fingerprint density at radius 2 is 1.65 bits per heavy atom. The molecule has 2 N–H and O–H groups in total. The third-order valence-electron chi connectivity index (χ3n) is 7.18. The molecule has 5 rings (SSSR count). The van der Waals surface area contributed by atoms with Crippen LogP contribution in [-0.2, 0) is 0 Å². The van der Waals surface area contributed by atoms with Gasteiger partial charge in [0.25, 0.3) is 5.91 Å². The predicted octanol–water partition coefficient (Wildman–Crippen LogP) is 6.56. The third-order valence-corrected chi connectivity index (χ3v) is 7.18. The highest BCUT2D eigenvalue weighted by atomic mass is 19.1. The number of halogens is 1. The molecule has 1 amide bonds. The Morgan fingerprint density at radius 1 is 0.953 bits per heavy atom. The quantitative estimate of drug-likeness (QED) is 0.229. The second-order valence-corrected chi connectivity index (χ2v) is 10.9. The van der Waals surface area contributed by atoms with Crippen LogP contribution in [0.2, 0.25) is 0 Å². The van der Waals surface area contributed by atoms with E-state index in [2.05, 4.69) is 32.5 Å². The first-order valence-corrected chi connectivity index (χ1v) is 14.4. The Hall–Kier alpha value is -4.70. The van der Waals surface area contributed by atoms with Crippen LogP contribution < -0.4 is 25.0 Å². The fourth-order valence-electron chi connectivity index (χ4n) is 4.86. The molecular formula is C33H37FN6O3. The van der Waals surface area contributed by atoms with Crippen LogP contribution in [0.25, 0.3) is 0 Å². The van der Waals surface area contributed by atoms with Crippen molar-refractivity contribution >= 4 is 28.9 Å². The first-order valence-electron chi connectivity index (χ1n) is 14.4. The fraction of sp³-hybridized carbons (Fsp3) is 0.303. The summed E-state index contributed by atoms with van der Waals surface area (Å²) < 4.78 is 27.3. The number of aryl methyl sites for hydroxylation is 2. The molecule has 43 heavy (non-hydrogen) atoms. The Bertz CT molecular complexity index is 1580. The number of rotatable bonds is 9. The number of nitrogens with zero attached hydrogens (tertiary/aromatic N) is 4. The number of aromatic nitrogens is 2. The first kappa shape index (κ1) is 29.8. The maximum Gasteiger partial charge on any atom is 0.262 e. The maximum absolute atomic E-state index is 15.2. The van der Waals surface area contributed by atoms with Gasteiger partial charge in [-0.05, 0) is 76.2 Å². The third kappa shape index (κ3) is 7.21. The molecule has 0 bridgehead atoms. The van der Waals surface area contributed by atoms with Gasteiger partial charge < -0.3 is 29.9 Å². The summed E-state index contributed by atoms with van der Waals surface area (Å²) in [5, 5.41) is 6.03. The molecule has 1 aromatic heterocycles. The second-order valence-electron chi connectivity index (χ2n) is 10.9. The number of benzene rings is 3. The smallest absolute Gasteiger partial charge is 0.262 e. The Kier molecular flexibility index (Phi) is 9.06. The minimum absolute atomic E-state index is 0.0237. The van der Waals surface area contributed by atoms with E-state index in [1.54, 1.807) is 24.3 Å². The van der Waals surface area contributed by atoms with Crippen LogP contribution in [0.3, 0.4) is 0 Å². The number of para-hydroxylation sites is 3. The van der Waals surface area contributed by atoms with Gasteiger partial charge in [-0.2, -0.15) is 4.98 Å². The van der Waals surface area contributed by atoms with Crippen LogP contribution in [0, 0.1) is 19.7 Å². The van der Waals surface area contributed by atoms with Crippen LogP contribution in [0.5, 0.6) is 17.4 Å². The highest BCUT2D eigenvalue weighted by molar-refractivity contribution is 6.06. The van der Waals surface area contributed by atoms with Crippen LogP contribution in [0.15, 0.2) is 66.9 Å². The minimum Gasteiger partial charge on any atom is -0.487 e. The average Bonchev–Trinajstić information content (AvgIpc) is 2.97. The average molecular weight is 585 g/mol. The summed E-state index contributed by atoms with van der Waals surface area (Å²) in [4.78, 5) is 26.7. The molecule has 9 nitrogen and oxygen atoms in total. The SMILES string of the molecule is Cc1cccc(C)c1NC(=O)c1cnc(Nc2ccc(N3CCN(C)CC3)c(F)c2)nc1Oc1ccccc1OC(C)C. The first-order chi connectivity index (χ1) is 20.7. The van der Waals surface area contributed by atoms with Crippen molar-refractivity contribution in [3.63, 3.8) is 0 Å². The topological polar surface area (TPSA) is 91.9 Å². The van der Waals surface area contributed by atoms with Gasteiger partial charge in [-0.15, -0.1) is 0 Å². The van der Waals surface area contributed by atoms with E-state index in [-0.39, 0.29) is 29.3 Å². The highest BCUT2D eigenvalue weighted by Gasteiger charge is 2.21. The molecule has 10 heteroatoms. The van der Waals surface area contributed by atoms with Gasteiger partial charge in [0.15, 0.2) is 11.5 Å². The number of hydrogen-bond donors (Lipinski definition) is 2. The molecule has 4 aromatic rings. The zero-order valence-electron chi connectivity index (χ0n) is 25.1. The highest BCUT2D eigenvalue weighted by Crippen LogP contribution is 2.34. The zero-order valence-corrected chi connectivity index (χ0v) is 25.1. The largest absolute Gasteiger partial charge is 0.487 e. The monoisotopic (exact) mass is 584 g/mol. The van der Waals surface area contributed by atoms with Crippen LogP contribution in [-0.4, -0.2) is 60.1 Å². The molecule has 1 fully saturated rings. The van der Waals surface area contributed by atoms with Gasteiger partial charge in [0.1, 0.15) is 11.4 Å². The predicted molar refractivity (Wildman–Crippen MR) is 168 cm³/mol. The number of carbonyl (C=O) groups excluding carboxylic acids is 1. The van der Waals surface area contributed by atoms with Gasteiger partial charge >= 0.3 is 0 Å².